The summed E-state index contributed by atoms with van der Waals surface area (Å²) in [4.78, 5) is 22.4. The number of hydrogen-bond donors (Lipinski definition) is 0. The summed E-state index contributed by atoms with van der Waals surface area (Å²) in [6, 6.07) is 22.0. The largest absolute Gasteiger partial charge is 0.383 e. The van der Waals surface area contributed by atoms with Crippen LogP contribution in [0.1, 0.15) is 27.2 Å². The number of rotatable bonds is 8. The quantitative estimate of drug-likeness (QED) is 0.436. The zero-order chi connectivity index (χ0) is 27.9. The number of methoxy groups -OCH3 is 1. The van der Waals surface area contributed by atoms with Gasteiger partial charge >= 0.3 is 0 Å². The van der Waals surface area contributed by atoms with E-state index in [4.69, 9.17) is 4.74 Å². The predicted molar refractivity (Wildman–Crippen MR) is 154 cm³/mol. The third kappa shape index (κ3) is 5.96. The van der Waals surface area contributed by atoms with Crippen LogP contribution >= 0.6 is 0 Å². The van der Waals surface area contributed by atoms with Gasteiger partial charge in [-0.2, -0.15) is 10.5 Å². The van der Waals surface area contributed by atoms with E-state index < -0.39 is 0 Å². The molecule has 2 aliphatic rings. The Kier molecular flexibility index (Phi) is 8.65. The van der Waals surface area contributed by atoms with Crippen molar-refractivity contribution in [2.75, 3.05) is 75.9 Å². The molecule has 206 valence electrons. The van der Waals surface area contributed by atoms with Crippen LogP contribution in [0.5, 0.6) is 0 Å². The lowest BCUT2D eigenvalue weighted by Crippen LogP contribution is -2.49. The van der Waals surface area contributed by atoms with Crippen LogP contribution in [0.2, 0.25) is 0 Å². The number of carbonyl (C=O) groups excluding carboxylic acids is 1. The molecule has 0 atom stereocenters. The number of ether oxygens (including phenoxy) is 1. The monoisotopic (exact) mass is 537 g/mol. The highest BCUT2D eigenvalue weighted by atomic mass is 16.5. The van der Waals surface area contributed by atoms with Crippen molar-refractivity contribution in [1.29, 1.82) is 10.5 Å². The normalized spacial score (nSPS) is 16.0. The Hall–Kier alpha value is -4.31. The van der Waals surface area contributed by atoms with Crippen molar-refractivity contribution in [3.05, 3.63) is 83.2 Å². The van der Waals surface area contributed by atoms with Gasteiger partial charge in [-0.15, -0.1) is 0 Å². The van der Waals surface area contributed by atoms with Gasteiger partial charge in [-0.1, -0.05) is 24.3 Å². The summed E-state index contributed by atoms with van der Waals surface area (Å²) in [5, 5.41) is 18.9. The predicted octanol–water partition coefficient (Wildman–Crippen LogP) is 3.16. The molecule has 3 heterocycles. The first kappa shape index (κ1) is 27.3. The number of anilines is 2. The van der Waals surface area contributed by atoms with Gasteiger partial charge in [0.05, 0.1) is 29.1 Å². The van der Waals surface area contributed by atoms with Gasteiger partial charge in [-0.25, -0.2) is 0 Å². The molecule has 0 saturated carbocycles. The van der Waals surface area contributed by atoms with Gasteiger partial charge < -0.3 is 24.0 Å². The van der Waals surface area contributed by atoms with Gasteiger partial charge in [0, 0.05) is 78.8 Å². The van der Waals surface area contributed by atoms with E-state index in [1.165, 1.54) is 0 Å². The summed E-state index contributed by atoms with van der Waals surface area (Å²) >= 11 is 0. The molecule has 3 aromatic rings. The van der Waals surface area contributed by atoms with Crippen LogP contribution in [0.25, 0.3) is 0 Å². The summed E-state index contributed by atoms with van der Waals surface area (Å²) in [6.45, 7) is 8.00. The Morgan fingerprint density at radius 1 is 0.825 bits per heavy atom. The summed E-state index contributed by atoms with van der Waals surface area (Å²) in [6.07, 6.45) is 2.09. The molecule has 0 unspecified atom stereocenters. The van der Waals surface area contributed by atoms with Crippen molar-refractivity contribution >= 4 is 17.3 Å². The van der Waals surface area contributed by atoms with Crippen LogP contribution < -0.4 is 9.80 Å². The third-order valence-electron chi connectivity index (χ3n) is 7.78. The minimum Gasteiger partial charge on any atom is -0.383 e. The van der Waals surface area contributed by atoms with Crippen LogP contribution in [0.4, 0.5) is 11.4 Å². The number of benzene rings is 2. The van der Waals surface area contributed by atoms with E-state index in [0.717, 1.165) is 49.7 Å². The average Bonchev–Trinajstić information content (AvgIpc) is 3.42. The minimum atomic E-state index is 0.0356. The lowest BCUT2D eigenvalue weighted by molar-refractivity contribution is 0.0733. The van der Waals surface area contributed by atoms with Crippen LogP contribution in [-0.4, -0.2) is 86.3 Å². The number of aromatic nitrogens is 1. The molecule has 0 aliphatic carbocycles. The maximum absolute atomic E-state index is 13.7. The number of nitrogens with zero attached hydrogens (tertiary/aromatic N) is 7. The van der Waals surface area contributed by atoms with Crippen molar-refractivity contribution in [3.63, 3.8) is 0 Å². The summed E-state index contributed by atoms with van der Waals surface area (Å²) in [5.74, 6) is 0.0356. The molecular formula is C31H35N7O2. The molecule has 2 aliphatic heterocycles. The SMILES string of the molecule is COCCn1cc(CN2CCN(c3ccccc3C#N)CC2)cc1C(=O)N1CCN(c2ccccc2C#N)CC1. The number of piperazine rings is 2. The summed E-state index contributed by atoms with van der Waals surface area (Å²) < 4.78 is 7.35. The molecule has 2 saturated heterocycles. The molecule has 9 heteroatoms. The molecule has 2 aromatic carbocycles. The molecule has 9 nitrogen and oxygen atoms in total. The number of hydrogen-bond acceptors (Lipinski definition) is 7. The van der Waals surface area contributed by atoms with Crippen molar-refractivity contribution in [2.24, 2.45) is 0 Å². The second kappa shape index (κ2) is 12.7. The van der Waals surface area contributed by atoms with Gasteiger partial charge in [0.2, 0.25) is 0 Å². The molecule has 0 radical (unpaired) electrons. The molecule has 1 amide bonds. The molecular weight excluding hydrogens is 502 g/mol. The standard InChI is InChI=1S/C31H35N7O2/c1-40-19-18-38-24-25(23-34-10-12-35(13-11-34)28-8-4-2-6-26(28)21-32)20-30(38)31(39)37-16-14-36(15-17-37)29-9-5-3-7-27(29)22-33/h2-9,20,24H,10-19,23H2,1H3. The van der Waals surface area contributed by atoms with Crippen LogP contribution in [-0.2, 0) is 17.8 Å². The fraction of sp³-hybridized carbons (Fsp3) is 0.387. The van der Waals surface area contributed by atoms with E-state index in [1.54, 1.807) is 7.11 Å². The van der Waals surface area contributed by atoms with Gasteiger partial charge in [0.25, 0.3) is 5.91 Å². The van der Waals surface area contributed by atoms with Crippen LogP contribution in [0.3, 0.4) is 0 Å². The first-order valence-electron chi connectivity index (χ1n) is 13.8. The van der Waals surface area contributed by atoms with Crippen LogP contribution in [0, 0.1) is 22.7 Å². The lowest BCUT2D eigenvalue weighted by atomic mass is 10.1. The molecule has 0 N–H and O–H groups in total. The minimum absolute atomic E-state index is 0.0356. The van der Waals surface area contributed by atoms with E-state index in [2.05, 4.69) is 33.0 Å². The first-order valence-corrected chi connectivity index (χ1v) is 13.8. The van der Waals surface area contributed by atoms with Crippen LogP contribution in [0.15, 0.2) is 60.8 Å². The Bertz CT molecular complexity index is 1400. The maximum atomic E-state index is 13.7. The second-order valence-corrected chi connectivity index (χ2v) is 10.2. The fourth-order valence-electron chi connectivity index (χ4n) is 5.62. The maximum Gasteiger partial charge on any atom is 0.270 e. The van der Waals surface area contributed by atoms with Gasteiger partial charge in [-0.3, -0.25) is 9.69 Å². The third-order valence-corrected chi connectivity index (χ3v) is 7.78. The summed E-state index contributed by atoms with van der Waals surface area (Å²) in [7, 11) is 1.67. The topological polar surface area (TPSA) is 91.8 Å². The Balaban J connectivity index is 1.22. The summed E-state index contributed by atoms with van der Waals surface area (Å²) in [5.41, 5.74) is 5.12. The highest BCUT2D eigenvalue weighted by Gasteiger charge is 2.27. The van der Waals surface area contributed by atoms with E-state index in [9.17, 15) is 15.3 Å². The number of nitriles is 2. The highest BCUT2D eigenvalue weighted by molar-refractivity contribution is 5.93. The highest BCUT2D eigenvalue weighted by Crippen LogP contribution is 2.24. The molecule has 2 fully saturated rings. The zero-order valence-corrected chi connectivity index (χ0v) is 23.0. The Labute approximate surface area is 236 Å². The molecule has 0 bridgehead atoms. The van der Waals surface area contributed by atoms with E-state index >= 15 is 0 Å². The molecule has 5 rings (SSSR count). The number of para-hydroxylation sites is 2. The number of amides is 1. The second-order valence-electron chi connectivity index (χ2n) is 10.2. The van der Waals surface area contributed by atoms with Gasteiger partial charge in [0.15, 0.2) is 0 Å². The molecule has 0 spiro atoms. The Morgan fingerprint density at radius 3 is 1.93 bits per heavy atom. The molecule has 40 heavy (non-hydrogen) atoms. The van der Waals surface area contributed by atoms with Crippen molar-refractivity contribution in [1.82, 2.24) is 14.4 Å². The fourth-order valence-corrected chi connectivity index (χ4v) is 5.62. The first-order chi connectivity index (χ1) is 19.6. The van der Waals surface area contributed by atoms with Gasteiger partial charge in [-0.05, 0) is 35.9 Å². The lowest BCUT2D eigenvalue weighted by Gasteiger charge is -2.36. The molecule has 1 aromatic heterocycles. The van der Waals surface area contributed by atoms with E-state index in [1.807, 2.05) is 64.1 Å². The van der Waals surface area contributed by atoms with E-state index in [-0.39, 0.29) is 5.91 Å². The van der Waals surface area contributed by atoms with Gasteiger partial charge in [0.1, 0.15) is 17.8 Å². The van der Waals surface area contributed by atoms with Crippen molar-refractivity contribution < 1.29 is 9.53 Å². The van der Waals surface area contributed by atoms with E-state index in [0.29, 0.717) is 56.2 Å². The zero-order valence-electron chi connectivity index (χ0n) is 23.0. The van der Waals surface area contributed by atoms with Crippen molar-refractivity contribution in [3.8, 4) is 12.1 Å². The van der Waals surface area contributed by atoms with Crippen molar-refractivity contribution in [2.45, 2.75) is 13.1 Å². The number of carbonyl (C=O) groups is 1. The smallest absolute Gasteiger partial charge is 0.270 e. The average molecular weight is 538 g/mol. The Morgan fingerprint density at radius 2 is 1.38 bits per heavy atom.